The van der Waals surface area contributed by atoms with Crippen molar-refractivity contribution >= 4 is 15.9 Å². The Hall–Kier alpha value is -1.59. The molecular weight excluding hydrogens is 332 g/mol. The molecule has 2 aromatic rings. The van der Waals surface area contributed by atoms with Crippen LogP contribution in [0.5, 0.6) is 11.5 Å². The van der Waals surface area contributed by atoms with Gasteiger partial charge >= 0.3 is 0 Å². The van der Waals surface area contributed by atoms with E-state index in [1.54, 1.807) is 20.4 Å². The van der Waals surface area contributed by atoms with Crippen LogP contribution in [0.15, 0.2) is 41.1 Å². The Balaban J connectivity index is 2.08. The predicted octanol–water partition coefficient (Wildman–Crippen LogP) is 3.71. The summed E-state index contributed by atoms with van der Waals surface area (Å²) in [6.07, 6.45) is 3.66. The Bertz CT molecular complexity index is 590. The smallest absolute Gasteiger partial charge is 0.174 e. The number of rotatable bonds is 6. The van der Waals surface area contributed by atoms with Crippen LogP contribution in [0.4, 0.5) is 0 Å². The first-order valence-electron chi connectivity index (χ1n) is 6.69. The zero-order valence-electron chi connectivity index (χ0n) is 12.4. The van der Waals surface area contributed by atoms with Gasteiger partial charge in [-0.05, 0) is 52.2 Å². The van der Waals surface area contributed by atoms with Gasteiger partial charge < -0.3 is 14.8 Å². The first-order valence-corrected chi connectivity index (χ1v) is 7.48. The minimum Gasteiger partial charge on any atom is -0.493 e. The zero-order chi connectivity index (χ0) is 15.2. The molecule has 0 fully saturated rings. The molecule has 1 atom stereocenters. The SMILES string of the molecule is COc1cc(CN[C@H](C)c2cccnc2)cc(Br)c1OC. The molecule has 112 valence electrons. The van der Waals surface area contributed by atoms with Gasteiger partial charge in [-0.2, -0.15) is 0 Å². The molecule has 0 saturated heterocycles. The summed E-state index contributed by atoms with van der Waals surface area (Å²) in [7, 11) is 3.27. The van der Waals surface area contributed by atoms with Gasteiger partial charge in [0.1, 0.15) is 0 Å². The summed E-state index contributed by atoms with van der Waals surface area (Å²) in [5, 5.41) is 3.47. The Morgan fingerprint density at radius 2 is 2.10 bits per heavy atom. The number of halogens is 1. The third-order valence-electron chi connectivity index (χ3n) is 3.29. The quantitative estimate of drug-likeness (QED) is 0.862. The highest BCUT2D eigenvalue weighted by molar-refractivity contribution is 9.10. The van der Waals surface area contributed by atoms with Gasteiger partial charge in [0.15, 0.2) is 11.5 Å². The summed E-state index contributed by atoms with van der Waals surface area (Å²) < 4.78 is 11.6. The van der Waals surface area contributed by atoms with E-state index in [0.29, 0.717) is 5.75 Å². The Labute approximate surface area is 133 Å². The molecule has 0 aliphatic carbocycles. The molecule has 0 saturated carbocycles. The van der Waals surface area contributed by atoms with Crippen LogP contribution in [0.25, 0.3) is 0 Å². The van der Waals surface area contributed by atoms with Crippen LogP contribution in [-0.2, 0) is 6.54 Å². The second kappa shape index (κ2) is 7.43. The number of benzene rings is 1. The summed E-state index contributed by atoms with van der Waals surface area (Å²) >= 11 is 3.51. The highest BCUT2D eigenvalue weighted by Gasteiger charge is 2.11. The van der Waals surface area contributed by atoms with Crippen LogP contribution < -0.4 is 14.8 Å². The third kappa shape index (κ3) is 3.95. The lowest BCUT2D eigenvalue weighted by Gasteiger charge is -2.16. The maximum atomic E-state index is 5.36. The van der Waals surface area contributed by atoms with Crippen LogP contribution in [0.2, 0.25) is 0 Å². The molecule has 0 aliphatic heterocycles. The lowest BCUT2D eigenvalue weighted by molar-refractivity contribution is 0.352. The second-order valence-electron chi connectivity index (χ2n) is 4.70. The number of pyridine rings is 1. The molecule has 0 aliphatic rings. The van der Waals surface area contributed by atoms with E-state index >= 15 is 0 Å². The van der Waals surface area contributed by atoms with Crippen molar-refractivity contribution < 1.29 is 9.47 Å². The summed E-state index contributed by atoms with van der Waals surface area (Å²) in [4.78, 5) is 4.14. The predicted molar refractivity (Wildman–Crippen MR) is 86.7 cm³/mol. The lowest BCUT2D eigenvalue weighted by atomic mass is 10.1. The Morgan fingerprint density at radius 1 is 1.29 bits per heavy atom. The molecule has 0 bridgehead atoms. The van der Waals surface area contributed by atoms with E-state index in [-0.39, 0.29) is 6.04 Å². The van der Waals surface area contributed by atoms with Crippen molar-refractivity contribution in [1.29, 1.82) is 0 Å². The van der Waals surface area contributed by atoms with Crippen LogP contribution in [0.3, 0.4) is 0 Å². The Morgan fingerprint density at radius 3 is 2.71 bits per heavy atom. The first kappa shape index (κ1) is 15.8. The van der Waals surface area contributed by atoms with Crippen molar-refractivity contribution in [2.45, 2.75) is 19.5 Å². The third-order valence-corrected chi connectivity index (χ3v) is 3.88. The summed E-state index contributed by atoms with van der Waals surface area (Å²) in [5.41, 5.74) is 2.28. The molecule has 4 nitrogen and oxygen atoms in total. The lowest BCUT2D eigenvalue weighted by Crippen LogP contribution is -2.18. The van der Waals surface area contributed by atoms with E-state index in [2.05, 4.69) is 39.2 Å². The van der Waals surface area contributed by atoms with E-state index < -0.39 is 0 Å². The summed E-state index contributed by atoms with van der Waals surface area (Å²) in [5.74, 6) is 1.43. The average molecular weight is 351 g/mol. The zero-order valence-corrected chi connectivity index (χ0v) is 14.0. The van der Waals surface area contributed by atoms with E-state index in [1.807, 2.05) is 24.4 Å². The van der Waals surface area contributed by atoms with Crippen LogP contribution in [0, 0.1) is 0 Å². The van der Waals surface area contributed by atoms with E-state index in [0.717, 1.165) is 27.9 Å². The fourth-order valence-electron chi connectivity index (χ4n) is 2.09. The standard InChI is InChI=1S/C16H19BrN2O2/c1-11(13-5-4-6-18-10-13)19-9-12-7-14(17)16(21-3)15(8-12)20-2/h4-8,10-11,19H,9H2,1-3H3/t11-/m1/s1. The minimum atomic E-state index is 0.227. The van der Waals surface area contributed by atoms with Crippen molar-refractivity contribution in [2.75, 3.05) is 14.2 Å². The number of nitrogens with one attached hydrogen (secondary N) is 1. The maximum Gasteiger partial charge on any atom is 0.174 e. The average Bonchev–Trinajstić information content (AvgIpc) is 2.52. The molecule has 1 aromatic heterocycles. The van der Waals surface area contributed by atoms with E-state index in [9.17, 15) is 0 Å². The minimum absolute atomic E-state index is 0.227. The normalized spacial score (nSPS) is 12.0. The fourth-order valence-corrected chi connectivity index (χ4v) is 2.75. The van der Waals surface area contributed by atoms with Crippen molar-refractivity contribution in [3.63, 3.8) is 0 Å². The van der Waals surface area contributed by atoms with Crippen molar-refractivity contribution in [1.82, 2.24) is 10.3 Å². The molecule has 2 rings (SSSR count). The highest BCUT2D eigenvalue weighted by atomic mass is 79.9. The number of hydrogen-bond acceptors (Lipinski definition) is 4. The van der Waals surface area contributed by atoms with Gasteiger partial charge in [0.2, 0.25) is 0 Å². The fraction of sp³-hybridized carbons (Fsp3) is 0.312. The van der Waals surface area contributed by atoms with E-state index in [1.165, 1.54) is 0 Å². The Kier molecular flexibility index (Phi) is 5.59. The van der Waals surface area contributed by atoms with Crippen LogP contribution >= 0.6 is 15.9 Å². The van der Waals surface area contributed by atoms with Gasteiger partial charge in [0.25, 0.3) is 0 Å². The molecule has 0 amide bonds. The monoisotopic (exact) mass is 350 g/mol. The number of methoxy groups -OCH3 is 2. The molecule has 1 N–H and O–H groups in total. The first-order chi connectivity index (χ1) is 10.2. The number of ether oxygens (including phenoxy) is 2. The van der Waals surface area contributed by atoms with Gasteiger partial charge in [-0.25, -0.2) is 0 Å². The van der Waals surface area contributed by atoms with Crippen molar-refractivity contribution in [3.05, 3.63) is 52.3 Å². The van der Waals surface area contributed by atoms with Gasteiger partial charge in [-0.3, -0.25) is 4.98 Å². The second-order valence-corrected chi connectivity index (χ2v) is 5.56. The molecule has 1 aromatic carbocycles. The summed E-state index contributed by atoms with van der Waals surface area (Å²) in [6, 6.07) is 8.25. The van der Waals surface area contributed by atoms with Crippen molar-refractivity contribution in [2.24, 2.45) is 0 Å². The van der Waals surface area contributed by atoms with Crippen LogP contribution in [0.1, 0.15) is 24.1 Å². The van der Waals surface area contributed by atoms with Gasteiger partial charge in [-0.15, -0.1) is 0 Å². The highest BCUT2D eigenvalue weighted by Crippen LogP contribution is 2.36. The molecular formula is C16H19BrN2O2. The van der Waals surface area contributed by atoms with Gasteiger partial charge in [0, 0.05) is 25.0 Å². The molecule has 21 heavy (non-hydrogen) atoms. The molecule has 1 heterocycles. The van der Waals surface area contributed by atoms with Gasteiger partial charge in [-0.1, -0.05) is 6.07 Å². The molecule has 0 spiro atoms. The molecule has 0 radical (unpaired) electrons. The van der Waals surface area contributed by atoms with Crippen molar-refractivity contribution in [3.8, 4) is 11.5 Å². The topological polar surface area (TPSA) is 43.4 Å². The molecule has 0 unspecified atom stereocenters. The maximum absolute atomic E-state index is 5.36. The van der Waals surface area contributed by atoms with E-state index in [4.69, 9.17) is 9.47 Å². The van der Waals surface area contributed by atoms with Gasteiger partial charge in [0.05, 0.1) is 18.7 Å². The largest absolute Gasteiger partial charge is 0.493 e. The van der Waals surface area contributed by atoms with Crippen LogP contribution in [-0.4, -0.2) is 19.2 Å². The molecule has 5 heteroatoms. The number of nitrogens with zero attached hydrogens (tertiary/aromatic N) is 1. The number of hydrogen-bond donors (Lipinski definition) is 1. The number of aromatic nitrogens is 1. The summed E-state index contributed by atoms with van der Waals surface area (Å²) in [6.45, 7) is 2.85.